The molecule has 0 atom stereocenters. The van der Waals surface area contributed by atoms with E-state index in [4.69, 9.17) is 0 Å². The zero-order valence-corrected chi connectivity index (χ0v) is 12.2. The van der Waals surface area contributed by atoms with Gasteiger partial charge in [0.1, 0.15) is 0 Å². The lowest BCUT2D eigenvalue weighted by atomic mass is 9.90. The molecule has 2 aromatic rings. The van der Waals surface area contributed by atoms with Crippen molar-refractivity contribution < 1.29 is 4.79 Å². The first-order chi connectivity index (χ1) is 9.59. The van der Waals surface area contributed by atoms with E-state index < -0.39 is 5.54 Å². The summed E-state index contributed by atoms with van der Waals surface area (Å²) >= 11 is 0. The fourth-order valence-corrected chi connectivity index (χ4v) is 3.10. The molecular formula is C18H21NO. The van der Waals surface area contributed by atoms with Gasteiger partial charge >= 0.3 is 0 Å². The Morgan fingerprint density at radius 3 is 2.35 bits per heavy atom. The largest absolute Gasteiger partial charge is 0.292 e. The van der Waals surface area contributed by atoms with Crippen molar-refractivity contribution in [1.82, 2.24) is 4.90 Å². The first kappa shape index (κ1) is 13.3. The van der Waals surface area contributed by atoms with E-state index in [1.54, 1.807) is 0 Å². The van der Waals surface area contributed by atoms with Crippen molar-refractivity contribution >= 4 is 16.6 Å². The van der Waals surface area contributed by atoms with Gasteiger partial charge in [-0.05, 0) is 56.6 Å². The van der Waals surface area contributed by atoms with Gasteiger partial charge in [0.15, 0.2) is 5.78 Å². The SMILES string of the molecule is CC(C)(C(=O)c1ccc2ccccc2c1)N1CCCC1. The van der Waals surface area contributed by atoms with Gasteiger partial charge in [0, 0.05) is 5.56 Å². The zero-order chi connectivity index (χ0) is 14.2. The molecule has 2 nitrogen and oxygen atoms in total. The molecule has 1 aliphatic heterocycles. The van der Waals surface area contributed by atoms with E-state index in [9.17, 15) is 4.79 Å². The summed E-state index contributed by atoms with van der Waals surface area (Å²) in [6.07, 6.45) is 2.41. The van der Waals surface area contributed by atoms with Crippen LogP contribution in [0.2, 0.25) is 0 Å². The average molecular weight is 267 g/mol. The highest BCUT2D eigenvalue weighted by Gasteiger charge is 2.36. The molecule has 0 spiro atoms. The summed E-state index contributed by atoms with van der Waals surface area (Å²) in [6.45, 7) is 6.17. The number of ketones is 1. The standard InChI is InChI=1S/C18H21NO/c1-18(2,19-11-5-6-12-19)17(20)16-10-9-14-7-3-4-8-15(14)13-16/h3-4,7-10,13H,5-6,11-12H2,1-2H3. The Labute approximate surface area is 120 Å². The molecule has 2 heteroatoms. The topological polar surface area (TPSA) is 20.3 Å². The fourth-order valence-electron chi connectivity index (χ4n) is 3.10. The van der Waals surface area contributed by atoms with Crippen LogP contribution in [0.25, 0.3) is 10.8 Å². The normalized spacial score (nSPS) is 16.7. The number of carbonyl (C=O) groups excluding carboxylic acids is 1. The van der Waals surface area contributed by atoms with Crippen molar-refractivity contribution in [3.05, 3.63) is 48.0 Å². The maximum Gasteiger partial charge on any atom is 0.182 e. The first-order valence-corrected chi connectivity index (χ1v) is 7.38. The minimum absolute atomic E-state index is 0.227. The van der Waals surface area contributed by atoms with Crippen LogP contribution in [0.1, 0.15) is 37.0 Å². The van der Waals surface area contributed by atoms with Crippen LogP contribution in [0.4, 0.5) is 0 Å². The molecule has 104 valence electrons. The van der Waals surface area contributed by atoms with E-state index in [-0.39, 0.29) is 5.78 Å². The number of carbonyl (C=O) groups is 1. The summed E-state index contributed by atoms with van der Waals surface area (Å²) < 4.78 is 0. The lowest BCUT2D eigenvalue weighted by Gasteiger charge is -2.34. The van der Waals surface area contributed by atoms with Crippen LogP contribution >= 0.6 is 0 Å². The first-order valence-electron chi connectivity index (χ1n) is 7.38. The molecule has 0 aromatic heterocycles. The number of likely N-dealkylation sites (tertiary alicyclic amines) is 1. The second-order valence-electron chi connectivity index (χ2n) is 6.14. The minimum Gasteiger partial charge on any atom is -0.292 e. The van der Waals surface area contributed by atoms with E-state index >= 15 is 0 Å². The highest BCUT2D eigenvalue weighted by molar-refractivity contribution is 6.05. The fraction of sp³-hybridized carbons (Fsp3) is 0.389. The molecule has 1 heterocycles. The maximum atomic E-state index is 12.9. The van der Waals surface area contributed by atoms with E-state index in [0.29, 0.717) is 0 Å². The van der Waals surface area contributed by atoms with Crippen LogP contribution in [0.5, 0.6) is 0 Å². The number of nitrogens with zero attached hydrogens (tertiary/aromatic N) is 1. The molecule has 1 saturated heterocycles. The molecule has 1 aliphatic rings. The Morgan fingerprint density at radius 2 is 1.65 bits per heavy atom. The number of hydrogen-bond donors (Lipinski definition) is 0. The van der Waals surface area contributed by atoms with Gasteiger partial charge in [-0.25, -0.2) is 0 Å². The second-order valence-corrected chi connectivity index (χ2v) is 6.14. The number of rotatable bonds is 3. The minimum atomic E-state index is -0.404. The molecule has 0 unspecified atom stereocenters. The number of benzene rings is 2. The number of Topliss-reactive ketones (excluding diaryl/α,β-unsaturated/α-hetero) is 1. The van der Waals surface area contributed by atoms with E-state index in [1.165, 1.54) is 18.2 Å². The van der Waals surface area contributed by atoms with Crippen molar-refractivity contribution in [3.8, 4) is 0 Å². The Kier molecular flexibility index (Phi) is 3.35. The van der Waals surface area contributed by atoms with Crippen LogP contribution in [0.3, 0.4) is 0 Å². The van der Waals surface area contributed by atoms with Crippen LogP contribution in [-0.2, 0) is 0 Å². The third kappa shape index (κ3) is 2.25. The molecule has 3 rings (SSSR count). The van der Waals surface area contributed by atoms with E-state index in [1.807, 2.05) is 30.3 Å². The van der Waals surface area contributed by atoms with Gasteiger partial charge in [-0.3, -0.25) is 9.69 Å². The number of fused-ring (bicyclic) bond motifs is 1. The molecule has 2 aromatic carbocycles. The van der Waals surface area contributed by atoms with Gasteiger partial charge in [0.05, 0.1) is 5.54 Å². The molecule has 0 aliphatic carbocycles. The van der Waals surface area contributed by atoms with Crippen molar-refractivity contribution in [2.45, 2.75) is 32.2 Å². The van der Waals surface area contributed by atoms with Crippen molar-refractivity contribution in [2.75, 3.05) is 13.1 Å². The molecule has 0 bridgehead atoms. The Hall–Kier alpha value is -1.67. The van der Waals surface area contributed by atoms with Gasteiger partial charge in [0.25, 0.3) is 0 Å². The van der Waals surface area contributed by atoms with Crippen molar-refractivity contribution in [3.63, 3.8) is 0 Å². The highest BCUT2D eigenvalue weighted by atomic mass is 16.1. The van der Waals surface area contributed by atoms with Crippen LogP contribution in [0.15, 0.2) is 42.5 Å². The highest BCUT2D eigenvalue weighted by Crippen LogP contribution is 2.26. The van der Waals surface area contributed by atoms with Gasteiger partial charge < -0.3 is 0 Å². The van der Waals surface area contributed by atoms with Crippen LogP contribution < -0.4 is 0 Å². The summed E-state index contributed by atoms with van der Waals surface area (Å²) in [5, 5.41) is 2.32. The molecule has 0 saturated carbocycles. The van der Waals surface area contributed by atoms with Crippen molar-refractivity contribution in [1.29, 1.82) is 0 Å². The summed E-state index contributed by atoms with van der Waals surface area (Å²) in [4.78, 5) is 15.2. The Morgan fingerprint density at radius 1 is 1.00 bits per heavy atom. The Balaban J connectivity index is 1.95. The van der Waals surface area contributed by atoms with Crippen LogP contribution in [0, 0.1) is 0 Å². The van der Waals surface area contributed by atoms with Crippen LogP contribution in [-0.4, -0.2) is 29.3 Å². The van der Waals surface area contributed by atoms with Crippen molar-refractivity contribution in [2.24, 2.45) is 0 Å². The van der Waals surface area contributed by atoms with Gasteiger partial charge in [-0.2, -0.15) is 0 Å². The number of hydrogen-bond acceptors (Lipinski definition) is 2. The van der Waals surface area contributed by atoms with Gasteiger partial charge in [-0.15, -0.1) is 0 Å². The van der Waals surface area contributed by atoms with Gasteiger partial charge in [-0.1, -0.05) is 36.4 Å². The summed E-state index contributed by atoms with van der Waals surface area (Å²) in [5.74, 6) is 0.227. The molecule has 20 heavy (non-hydrogen) atoms. The Bertz CT molecular complexity index is 639. The van der Waals surface area contributed by atoms with E-state index in [0.717, 1.165) is 24.0 Å². The summed E-state index contributed by atoms with van der Waals surface area (Å²) in [7, 11) is 0. The third-order valence-corrected chi connectivity index (χ3v) is 4.46. The van der Waals surface area contributed by atoms with Gasteiger partial charge in [0.2, 0.25) is 0 Å². The predicted octanol–water partition coefficient (Wildman–Crippen LogP) is 3.90. The van der Waals surface area contributed by atoms with E-state index in [2.05, 4.69) is 30.9 Å². The average Bonchev–Trinajstić information content (AvgIpc) is 3.01. The monoisotopic (exact) mass is 267 g/mol. The molecule has 0 amide bonds. The lowest BCUT2D eigenvalue weighted by Crippen LogP contribution is -2.48. The summed E-state index contributed by atoms with van der Waals surface area (Å²) in [5.41, 5.74) is 0.416. The second kappa shape index (κ2) is 5.02. The molecular weight excluding hydrogens is 246 g/mol. The third-order valence-electron chi connectivity index (χ3n) is 4.46. The zero-order valence-electron chi connectivity index (χ0n) is 12.2. The predicted molar refractivity (Wildman–Crippen MR) is 83.2 cm³/mol. The molecule has 0 radical (unpaired) electrons. The quantitative estimate of drug-likeness (QED) is 0.786. The molecule has 0 N–H and O–H groups in total. The smallest absolute Gasteiger partial charge is 0.182 e. The summed E-state index contributed by atoms with van der Waals surface area (Å²) in [6, 6.07) is 14.2. The lowest BCUT2D eigenvalue weighted by molar-refractivity contribution is 0.0703. The maximum absolute atomic E-state index is 12.9. The molecule has 1 fully saturated rings.